The van der Waals surface area contributed by atoms with E-state index in [4.69, 9.17) is 34.8 Å². The average molecular weight is 334 g/mol. The molecule has 2 rings (SSSR count). The number of hydrogen-bond acceptors (Lipinski definition) is 2. The topological polar surface area (TPSA) is 24.9 Å². The summed E-state index contributed by atoms with van der Waals surface area (Å²) in [5, 5.41) is 4.34. The minimum Gasteiger partial charge on any atom is -0.311 e. The minimum absolute atomic E-state index is 0.255. The van der Waals surface area contributed by atoms with E-state index in [0.29, 0.717) is 32.7 Å². The maximum atomic E-state index is 13.8. The van der Waals surface area contributed by atoms with Crippen LogP contribution < -0.4 is 5.32 Å². The van der Waals surface area contributed by atoms with E-state index in [9.17, 15) is 4.39 Å². The van der Waals surface area contributed by atoms with Crippen LogP contribution in [0, 0.1) is 5.82 Å². The maximum Gasteiger partial charge on any atom is 0.127 e. The number of pyridine rings is 1. The van der Waals surface area contributed by atoms with E-state index in [1.165, 1.54) is 12.3 Å². The second-order valence-electron chi connectivity index (χ2n) is 4.27. The molecule has 1 atom stereocenters. The first-order valence-corrected chi connectivity index (χ1v) is 7.07. The summed E-state index contributed by atoms with van der Waals surface area (Å²) in [6.45, 7) is 0. The summed E-state index contributed by atoms with van der Waals surface area (Å²) in [5.41, 5.74) is 1.04. The minimum atomic E-state index is -0.345. The Hall–Kier alpha value is -0.870. The lowest BCUT2D eigenvalue weighted by molar-refractivity contribution is 0.545. The predicted molar refractivity (Wildman–Crippen MR) is 81.2 cm³/mol. The van der Waals surface area contributed by atoms with Crippen molar-refractivity contribution in [3.63, 3.8) is 0 Å². The van der Waals surface area contributed by atoms with Crippen LogP contribution in [0.2, 0.25) is 15.1 Å². The molecule has 0 saturated heterocycles. The second kappa shape index (κ2) is 6.72. The van der Waals surface area contributed by atoms with Gasteiger partial charge in [-0.25, -0.2) is 4.39 Å². The lowest BCUT2D eigenvalue weighted by Gasteiger charge is -2.18. The van der Waals surface area contributed by atoms with Crippen LogP contribution in [0.3, 0.4) is 0 Å². The van der Waals surface area contributed by atoms with E-state index in [1.54, 1.807) is 25.2 Å². The van der Waals surface area contributed by atoms with Crippen LogP contribution in [-0.4, -0.2) is 12.0 Å². The number of likely N-dealkylation sites (N-methyl/N-ethyl adjacent to an activating group) is 1. The fraction of sp³-hybridized carbons (Fsp3) is 0.214. The Bertz CT molecular complexity index is 599. The number of halogens is 4. The molecule has 0 amide bonds. The first-order chi connectivity index (χ1) is 9.52. The zero-order valence-electron chi connectivity index (χ0n) is 10.6. The first kappa shape index (κ1) is 15.5. The standard InChI is InChI=1S/C14H12Cl3FN2/c1-19-13(14-11(17)5-8(15)7-20-14)6-9-10(16)3-2-4-12(9)18/h2-5,7,13,19H,6H2,1H3. The average Bonchev–Trinajstić information content (AvgIpc) is 2.40. The van der Waals surface area contributed by atoms with Crippen LogP contribution in [0.4, 0.5) is 4.39 Å². The third kappa shape index (κ3) is 3.41. The van der Waals surface area contributed by atoms with Crippen molar-refractivity contribution >= 4 is 34.8 Å². The Labute approximate surface area is 131 Å². The van der Waals surface area contributed by atoms with Gasteiger partial charge in [0.2, 0.25) is 0 Å². The summed E-state index contributed by atoms with van der Waals surface area (Å²) >= 11 is 18.0. The zero-order valence-corrected chi connectivity index (χ0v) is 12.9. The molecule has 0 saturated carbocycles. The molecule has 6 heteroatoms. The van der Waals surface area contributed by atoms with Gasteiger partial charge in [-0.15, -0.1) is 0 Å². The van der Waals surface area contributed by atoms with Gasteiger partial charge in [-0.2, -0.15) is 0 Å². The maximum absolute atomic E-state index is 13.8. The van der Waals surface area contributed by atoms with E-state index in [1.807, 2.05) is 0 Å². The van der Waals surface area contributed by atoms with E-state index in [0.717, 1.165) is 0 Å². The molecule has 20 heavy (non-hydrogen) atoms. The Morgan fingerprint density at radius 3 is 2.60 bits per heavy atom. The van der Waals surface area contributed by atoms with Crippen LogP contribution in [0.1, 0.15) is 17.3 Å². The summed E-state index contributed by atoms with van der Waals surface area (Å²) in [5.74, 6) is -0.345. The number of hydrogen-bond donors (Lipinski definition) is 1. The van der Waals surface area contributed by atoms with Gasteiger partial charge >= 0.3 is 0 Å². The normalized spacial score (nSPS) is 12.4. The molecule has 0 aliphatic rings. The number of rotatable bonds is 4. The largest absolute Gasteiger partial charge is 0.311 e. The second-order valence-corrected chi connectivity index (χ2v) is 5.52. The fourth-order valence-electron chi connectivity index (χ4n) is 1.95. The Kier molecular flexibility index (Phi) is 5.22. The van der Waals surface area contributed by atoms with Crippen LogP contribution >= 0.6 is 34.8 Å². The predicted octanol–water partition coefficient (Wildman–Crippen LogP) is 4.68. The van der Waals surface area contributed by atoms with Crippen LogP contribution in [0.15, 0.2) is 30.5 Å². The zero-order chi connectivity index (χ0) is 14.7. The smallest absolute Gasteiger partial charge is 0.127 e. The molecule has 0 radical (unpaired) electrons. The Morgan fingerprint density at radius 1 is 1.25 bits per heavy atom. The summed E-state index contributed by atoms with van der Waals surface area (Å²) < 4.78 is 13.8. The van der Waals surface area contributed by atoms with E-state index >= 15 is 0 Å². The summed E-state index contributed by atoms with van der Waals surface area (Å²) in [6.07, 6.45) is 1.85. The van der Waals surface area contributed by atoms with Crippen molar-refractivity contribution in [1.29, 1.82) is 0 Å². The van der Waals surface area contributed by atoms with Crippen molar-refractivity contribution in [2.45, 2.75) is 12.5 Å². The van der Waals surface area contributed by atoms with Gasteiger partial charge < -0.3 is 5.32 Å². The molecule has 1 N–H and O–H groups in total. The van der Waals surface area contributed by atoms with Crippen molar-refractivity contribution in [2.75, 3.05) is 7.05 Å². The van der Waals surface area contributed by atoms with Crippen molar-refractivity contribution in [2.24, 2.45) is 0 Å². The molecule has 1 unspecified atom stereocenters. The highest BCUT2D eigenvalue weighted by molar-refractivity contribution is 6.34. The van der Waals surface area contributed by atoms with Gasteiger partial charge in [-0.1, -0.05) is 40.9 Å². The van der Waals surface area contributed by atoms with Crippen molar-refractivity contribution in [3.05, 3.63) is 62.6 Å². The molecule has 0 fully saturated rings. The number of nitrogens with zero attached hydrogens (tertiary/aromatic N) is 1. The van der Waals surface area contributed by atoms with Crippen molar-refractivity contribution < 1.29 is 4.39 Å². The summed E-state index contributed by atoms with van der Waals surface area (Å²) in [7, 11) is 1.76. The third-order valence-electron chi connectivity index (χ3n) is 2.98. The van der Waals surface area contributed by atoms with Gasteiger partial charge in [0.05, 0.1) is 21.8 Å². The molecule has 1 heterocycles. The monoisotopic (exact) mass is 332 g/mol. The van der Waals surface area contributed by atoms with Crippen molar-refractivity contribution in [1.82, 2.24) is 10.3 Å². The van der Waals surface area contributed by atoms with Gasteiger partial charge in [0.25, 0.3) is 0 Å². The van der Waals surface area contributed by atoms with E-state index < -0.39 is 0 Å². The van der Waals surface area contributed by atoms with Crippen LogP contribution in [-0.2, 0) is 6.42 Å². The Balaban J connectivity index is 2.34. The highest BCUT2D eigenvalue weighted by Crippen LogP contribution is 2.29. The highest BCUT2D eigenvalue weighted by atomic mass is 35.5. The van der Waals surface area contributed by atoms with Crippen LogP contribution in [0.5, 0.6) is 0 Å². The molecule has 0 spiro atoms. The van der Waals surface area contributed by atoms with Gasteiger partial charge in [-0.05, 0) is 31.7 Å². The molecule has 2 nitrogen and oxygen atoms in total. The molecule has 0 aliphatic heterocycles. The molecule has 1 aromatic heterocycles. The molecular formula is C14H12Cl3FN2. The van der Waals surface area contributed by atoms with Gasteiger partial charge in [0.1, 0.15) is 5.82 Å². The molecule has 106 valence electrons. The van der Waals surface area contributed by atoms with Crippen molar-refractivity contribution in [3.8, 4) is 0 Å². The molecule has 1 aromatic carbocycles. The highest BCUT2D eigenvalue weighted by Gasteiger charge is 2.19. The van der Waals surface area contributed by atoms with Gasteiger partial charge in [-0.3, -0.25) is 4.98 Å². The van der Waals surface area contributed by atoms with Crippen LogP contribution in [0.25, 0.3) is 0 Å². The first-order valence-electron chi connectivity index (χ1n) is 5.94. The van der Waals surface area contributed by atoms with E-state index in [-0.39, 0.29) is 11.9 Å². The summed E-state index contributed by atoms with van der Waals surface area (Å²) in [6, 6.07) is 5.96. The number of nitrogens with one attached hydrogen (secondary N) is 1. The lowest BCUT2D eigenvalue weighted by Crippen LogP contribution is -2.21. The van der Waals surface area contributed by atoms with Gasteiger partial charge in [0.15, 0.2) is 0 Å². The quantitative estimate of drug-likeness (QED) is 0.878. The lowest BCUT2D eigenvalue weighted by atomic mass is 10.0. The molecular weight excluding hydrogens is 322 g/mol. The Morgan fingerprint density at radius 2 is 2.00 bits per heavy atom. The molecule has 2 aromatic rings. The third-order valence-corrected chi connectivity index (χ3v) is 3.85. The summed E-state index contributed by atoms with van der Waals surface area (Å²) in [4.78, 5) is 4.21. The van der Waals surface area contributed by atoms with E-state index in [2.05, 4.69) is 10.3 Å². The number of benzene rings is 1. The molecule has 0 aliphatic carbocycles. The SMILES string of the molecule is CNC(Cc1c(F)cccc1Cl)c1ncc(Cl)cc1Cl. The fourth-order valence-corrected chi connectivity index (χ4v) is 2.70. The molecule has 0 bridgehead atoms. The van der Waals surface area contributed by atoms with Gasteiger partial charge in [0, 0.05) is 16.8 Å². The number of aromatic nitrogens is 1.